The van der Waals surface area contributed by atoms with E-state index in [-0.39, 0.29) is 5.91 Å². The number of nitriles is 1. The van der Waals surface area contributed by atoms with E-state index in [4.69, 9.17) is 16.9 Å². The number of nitrogens with zero attached hydrogens (tertiary/aromatic N) is 4. The van der Waals surface area contributed by atoms with Gasteiger partial charge in [0.15, 0.2) is 0 Å². The standard InChI is InChI=1S/C21H22ClN7O2/c1-14(25-20(31)27-17-5-3-15(22)4-6-17)19(30)26-16-7-9-18(10-8-16)29-12-11-28(2)21(29)24-13-23/h3-10,14H,11-12H2,1-2H3,(H,26,30)(H2,25,27,31)/t14-/m1/s1. The van der Waals surface area contributed by atoms with Gasteiger partial charge in [-0.15, -0.1) is 4.99 Å². The van der Waals surface area contributed by atoms with E-state index in [0.29, 0.717) is 28.9 Å². The lowest BCUT2D eigenvalue weighted by molar-refractivity contribution is -0.117. The van der Waals surface area contributed by atoms with Crippen molar-refractivity contribution in [3.05, 3.63) is 53.6 Å². The number of amides is 3. The number of urea groups is 1. The molecule has 1 heterocycles. The highest BCUT2D eigenvalue weighted by Gasteiger charge is 2.25. The molecule has 1 atom stereocenters. The van der Waals surface area contributed by atoms with E-state index < -0.39 is 12.1 Å². The van der Waals surface area contributed by atoms with Gasteiger partial charge in [0, 0.05) is 42.2 Å². The zero-order chi connectivity index (χ0) is 22.4. The molecular weight excluding hydrogens is 418 g/mol. The van der Waals surface area contributed by atoms with Crippen LogP contribution in [0.3, 0.4) is 0 Å². The molecule has 2 aromatic carbocycles. The van der Waals surface area contributed by atoms with Crippen molar-refractivity contribution in [3.63, 3.8) is 0 Å². The third-order valence-electron chi connectivity index (χ3n) is 4.68. The molecule has 0 unspecified atom stereocenters. The Hall–Kier alpha value is -3.77. The Labute approximate surface area is 185 Å². The van der Waals surface area contributed by atoms with Gasteiger partial charge in [0.25, 0.3) is 0 Å². The summed E-state index contributed by atoms with van der Waals surface area (Å²) in [5, 5.41) is 17.4. The molecule has 3 amide bonds. The Morgan fingerprint density at radius 1 is 1.06 bits per heavy atom. The van der Waals surface area contributed by atoms with Gasteiger partial charge in [-0.3, -0.25) is 4.79 Å². The summed E-state index contributed by atoms with van der Waals surface area (Å²) in [5.41, 5.74) is 2.02. The van der Waals surface area contributed by atoms with Gasteiger partial charge in [0.2, 0.25) is 18.1 Å². The minimum atomic E-state index is -0.756. The summed E-state index contributed by atoms with van der Waals surface area (Å²) in [6.07, 6.45) is 1.83. The van der Waals surface area contributed by atoms with Gasteiger partial charge in [-0.25, -0.2) is 4.79 Å². The summed E-state index contributed by atoms with van der Waals surface area (Å²) in [7, 11) is 1.88. The van der Waals surface area contributed by atoms with Crippen LogP contribution < -0.4 is 20.9 Å². The van der Waals surface area contributed by atoms with E-state index in [1.54, 1.807) is 43.3 Å². The molecule has 0 radical (unpaired) electrons. The number of rotatable bonds is 5. The zero-order valence-electron chi connectivity index (χ0n) is 17.1. The molecular formula is C21H22ClN7O2. The number of anilines is 3. The molecule has 31 heavy (non-hydrogen) atoms. The normalized spacial score (nSPS) is 15.4. The smallest absolute Gasteiger partial charge is 0.319 e. The first-order valence-electron chi connectivity index (χ1n) is 9.57. The SMILES string of the molecule is C[C@@H](NC(=O)Nc1ccc(Cl)cc1)C(=O)Nc1ccc(N2CCN(C)C2=NC#N)cc1. The molecule has 3 N–H and O–H groups in total. The molecule has 1 aliphatic rings. The summed E-state index contributed by atoms with van der Waals surface area (Å²) in [4.78, 5) is 32.2. The van der Waals surface area contributed by atoms with Crippen molar-refractivity contribution in [1.29, 1.82) is 5.26 Å². The monoisotopic (exact) mass is 439 g/mol. The van der Waals surface area contributed by atoms with Crippen LogP contribution in [0, 0.1) is 11.5 Å². The van der Waals surface area contributed by atoms with Gasteiger partial charge in [0.05, 0.1) is 0 Å². The molecule has 160 valence electrons. The molecule has 0 aliphatic carbocycles. The van der Waals surface area contributed by atoms with Crippen LogP contribution in [0.15, 0.2) is 53.5 Å². The predicted octanol–water partition coefficient (Wildman–Crippen LogP) is 3.08. The first kappa shape index (κ1) is 21.9. The van der Waals surface area contributed by atoms with E-state index in [1.807, 2.05) is 35.2 Å². The topological polar surface area (TPSA) is 113 Å². The van der Waals surface area contributed by atoms with Crippen LogP contribution in [0.4, 0.5) is 21.9 Å². The second-order valence-electron chi connectivity index (χ2n) is 6.95. The van der Waals surface area contributed by atoms with Crippen LogP contribution >= 0.6 is 11.6 Å². The lowest BCUT2D eigenvalue weighted by atomic mass is 10.2. The number of nitrogens with one attached hydrogen (secondary N) is 3. The summed E-state index contributed by atoms with van der Waals surface area (Å²) in [5.74, 6) is 0.232. The summed E-state index contributed by atoms with van der Waals surface area (Å²) in [6.45, 7) is 3.07. The minimum Gasteiger partial charge on any atom is -0.343 e. The molecule has 0 aromatic heterocycles. The van der Waals surface area contributed by atoms with Gasteiger partial charge in [0.1, 0.15) is 6.04 Å². The number of hydrogen-bond donors (Lipinski definition) is 3. The van der Waals surface area contributed by atoms with Crippen LogP contribution in [0.5, 0.6) is 0 Å². The molecule has 1 fully saturated rings. The van der Waals surface area contributed by atoms with E-state index in [9.17, 15) is 9.59 Å². The van der Waals surface area contributed by atoms with Crippen LogP contribution in [0.2, 0.25) is 5.02 Å². The molecule has 1 saturated heterocycles. The Bertz CT molecular complexity index is 1020. The Balaban J connectivity index is 1.55. The Morgan fingerprint density at radius 2 is 1.68 bits per heavy atom. The molecule has 0 bridgehead atoms. The number of guanidine groups is 1. The zero-order valence-corrected chi connectivity index (χ0v) is 17.8. The third-order valence-corrected chi connectivity index (χ3v) is 4.93. The van der Waals surface area contributed by atoms with E-state index in [2.05, 4.69) is 20.9 Å². The minimum absolute atomic E-state index is 0.355. The van der Waals surface area contributed by atoms with E-state index in [0.717, 1.165) is 12.2 Å². The maximum absolute atomic E-state index is 12.4. The first-order chi connectivity index (χ1) is 14.9. The van der Waals surface area contributed by atoms with Crippen molar-refractivity contribution in [2.45, 2.75) is 13.0 Å². The van der Waals surface area contributed by atoms with Crippen molar-refractivity contribution < 1.29 is 9.59 Å². The highest BCUT2D eigenvalue weighted by atomic mass is 35.5. The fraction of sp³-hybridized carbons (Fsp3) is 0.238. The summed E-state index contributed by atoms with van der Waals surface area (Å²) >= 11 is 5.82. The van der Waals surface area contributed by atoms with E-state index >= 15 is 0 Å². The molecule has 0 saturated carbocycles. The lowest BCUT2D eigenvalue weighted by Gasteiger charge is -2.20. The number of carbonyl (C=O) groups excluding carboxylic acids is 2. The van der Waals surface area contributed by atoms with Crippen molar-refractivity contribution in [2.75, 3.05) is 35.7 Å². The average Bonchev–Trinajstić information content (AvgIpc) is 3.11. The van der Waals surface area contributed by atoms with Crippen molar-refractivity contribution in [1.82, 2.24) is 10.2 Å². The van der Waals surface area contributed by atoms with Gasteiger partial charge in [-0.2, -0.15) is 5.26 Å². The maximum Gasteiger partial charge on any atom is 0.319 e. The predicted molar refractivity (Wildman–Crippen MR) is 121 cm³/mol. The van der Waals surface area contributed by atoms with Gasteiger partial charge < -0.3 is 25.8 Å². The second-order valence-corrected chi connectivity index (χ2v) is 7.38. The molecule has 2 aromatic rings. The van der Waals surface area contributed by atoms with Crippen LogP contribution in [-0.2, 0) is 4.79 Å². The highest BCUT2D eigenvalue weighted by Crippen LogP contribution is 2.22. The quantitative estimate of drug-likeness (QED) is 0.619. The number of aliphatic imine (C=N–C) groups is 1. The van der Waals surface area contributed by atoms with Crippen molar-refractivity contribution >= 4 is 46.6 Å². The highest BCUT2D eigenvalue weighted by molar-refractivity contribution is 6.30. The summed E-state index contributed by atoms with van der Waals surface area (Å²) in [6, 6.07) is 12.6. The average molecular weight is 440 g/mol. The molecule has 10 heteroatoms. The number of halogens is 1. The Kier molecular flexibility index (Phi) is 6.95. The number of benzene rings is 2. The lowest BCUT2D eigenvalue weighted by Crippen LogP contribution is -2.43. The van der Waals surface area contributed by atoms with Crippen molar-refractivity contribution in [3.8, 4) is 6.19 Å². The van der Waals surface area contributed by atoms with Crippen LogP contribution in [0.25, 0.3) is 0 Å². The van der Waals surface area contributed by atoms with Gasteiger partial charge in [-0.05, 0) is 55.5 Å². The van der Waals surface area contributed by atoms with Crippen molar-refractivity contribution in [2.24, 2.45) is 4.99 Å². The van der Waals surface area contributed by atoms with E-state index in [1.165, 1.54) is 0 Å². The number of likely N-dealkylation sites (N-methyl/N-ethyl adjacent to an activating group) is 1. The Morgan fingerprint density at radius 3 is 2.32 bits per heavy atom. The molecule has 1 aliphatic heterocycles. The maximum atomic E-state index is 12.4. The fourth-order valence-electron chi connectivity index (χ4n) is 3.03. The summed E-state index contributed by atoms with van der Waals surface area (Å²) < 4.78 is 0. The molecule has 3 rings (SSSR count). The fourth-order valence-corrected chi connectivity index (χ4v) is 3.15. The largest absolute Gasteiger partial charge is 0.343 e. The molecule has 0 spiro atoms. The number of carbonyl (C=O) groups is 2. The van der Waals surface area contributed by atoms with Crippen LogP contribution in [-0.4, -0.2) is 49.0 Å². The molecule has 9 nitrogen and oxygen atoms in total. The first-order valence-corrected chi connectivity index (χ1v) is 9.94. The van der Waals surface area contributed by atoms with Gasteiger partial charge in [-0.1, -0.05) is 11.6 Å². The third kappa shape index (κ3) is 5.65. The van der Waals surface area contributed by atoms with Gasteiger partial charge >= 0.3 is 6.03 Å². The number of hydrogen-bond acceptors (Lipinski definition) is 4. The second kappa shape index (κ2) is 9.82. The van der Waals surface area contributed by atoms with Crippen LogP contribution in [0.1, 0.15) is 6.92 Å².